The molecule has 1 aromatic rings. The molecule has 1 aromatic carbocycles. The lowest BCUT2D eigenvalue weighted by Gasteiger charge is -2.06. The van der Waals surface area contributed by atoms with Crippen LogP contribution in [0.2, 0.25) is 0 Å². The molecule has 0 atom stereocenters. The molecule has 6 nitrogen and oxygen atoms in total. The Balaban J connectivity index is 2.25. The number of unbranched alkanes of at least 4 members (excludes halogenated alkanes) is 1. The van der Waals surface area contributed by atoms with Gasteiger partial charge in [-0.3, -0.25) is 10.1 Å². The van der Waals surface area contributed by atoms with Crippen molar-refractivity contribution < 1.29 is 14.5 Å². The Labute approximate surface area is 111 Å². The molecule has 0 unspecified atom stereocenters. The highest BCUT2D eigenvalue weighted by atomic mass is 16.6. The molecule has 0 aromatic heterocycles. The van der Waals surface area contributed by atoms with Gasteiger partial charge in [0.1, 0.15) is 0 Å². The zero-order valence-corrected chi connectivity index (χ0v) is 10.9. The molecule has 0 aliphatic rings. The van der Waals surface area contributed by atoms with Gasteiger partial charge in [0.15, 0.2) is 0 Å². The molecule has 0 fully saturated rings. The molecule has 0 saturated carbocycles. The smallest absolute Gasteiger partial charge is 0.407 e. The fourth-order valence-corrected chi connectivity index (χ4v) is 1.45. The predicted octanol–water partition coefficient (Wildman–Crippen LogP) is 2.66. The van der Waals surface area contributed by atoms with Gasteiger partial charge in [0.05, 0.1) is 11.5 Å². The summed E-state index contributed by atoms with van der Waals surface area (Å²) < 4.78 is 4.93. The molecule has 0 spiro atoms. The van der Waals surface area contributed by atoms with Crippen molar-refractivity contribution in [3.05, 3.63) is 39.9 Å². The Kier molecular flexibility index (Phi) is 6.35. The van der Waals surface area contributed by atoms with Crippen LogP contribution in [-0.4, -0.2) is 24.2 Å². The summed E-state index contributed by atoms with van der Waals surface area (Å²) in [4.78, 5) is 21.3. The topological polar surface area (TPSA) is 81.5 Å². The van der Waals surface area contributed by atoms with Crippen LogP contribution < -0.4 is 5.32 Å². The molecular formula is C13H18N2O4. The summed E-state index contributed by atoms with van der Waals surface area (Å²) in [5.41, 5.74) is 0.996. The van der Waals surface area contributed by atoms with Crippen LogP contribution in [0.1, 0.15) is 25.3 Å². The maximum absolute atomic E-state index is 11.2. The van der Waals surface area contributed by atoms with E-state index in [1.165, 1.54) is 12.1 Å². The van der Waals surface area contributed by atoms with Crippen molar-refractivity contribution in [2.45, 2.75) is 26.2 Å². The van der Waals surface area contributed by atoms with Crippen molar-refractivity contribution in [2.24, 2.45) is 0 Å². The van der Waals surface area contributed by atoms with Crippen molar-refractivity contribution in [2.75, 3.05) is 13.2 Å². The van der Waals surface area contributed by atoms with E-state index in [-0.39, 0.29) is 5.69 Å². The van der Waals surface area contributed by atoms with Gasteiger partial charge in [-0.05, 0) is 18.4 Å². The molecule has 0 bridgehead atoms. The maximum Gasteiger partial charge on any atom is 0.407 e. The first-order chi connectivity index (χ1) is 9.13. The highest BCUT2D eigenvalue weighted by molar-refractivity contribution is 5.67. The number of nitrogens with one attached hydrogen (secondary N) is 1. The third-order valence-electron chi connectivity index (χ3n) is 2.56. The zero-order chi connectivity index (χ0) is 14.1. The van der Waals surface area contributed by atoms with Gasteiger partial charge >= 0.3 is 6.09 Å². The number of hydrogen-bond acceptors (Lipinski definition) is 4. The summed E-state index contributed by atoms with van der Waals surface area (Å²) in [6, 6.07) is 6.27. The molecule has 1 rings (SSSR count). The molecule has 0 heterocycles. The van der Waals surface area contributed by atoms with E-state index in [1.54, 1.807) is 12.1 Å². The second kappa shape index (κ2) is 8.07. The molecule has 19 heavy (non-hydrogen) atoms. The number of nitro benzene ring substituents is 1. The van der Waals surface area contributed by atoms with Crippen molar-refractivity contribution in [1.82, 2.24) is 5.32 Å². The van der Waals surface area contributed by atoms with E-state index in [2.05, 4.69) is 5.32 Å². The van der Waals surface area contributed by atoms with Gasteiger partial charge in [0, 0.05) is 18.7 Å². The number of alkyl carbamates (subject to hydrolysis) is 1. The van der Waals surface area contributed by atoms with Gasteiger partial charge in [-0.1, -0.05) is 25.5 Å². The second-order valence-corrected chi connectivity index (χ2v) is 4.09. The Morgan fingerprint density at radius 2 is 2.05 bits per heavy atom. The standard InChI is InChI=1S/C13H18N2O4/c1-2-3-10-19-13(16)14-9-8-11-4-6-12(7-5-11)15(17)18/h4-7H,2-3,8-10H2,1H3,(H,14,16). The fourth-order valence-electron chi connectivity index (χ4n) is 1.45. The summed E-state index contributed by atoms with van der Waals surface area (Å²) in [7, 11) is 0. The molecule has 104 valence electrons. The molecule has 0 radical (unpaired) electrons. The van der Waals surface area contributed by atoms with E-state index in [0.29, 0.717) is 19.6 Å². The summed E-state index contributed by atoms with van der Waals surface area (Å²) in [6.45, 7) is 2.90. The molecule has 1 N–H and O–H groups in total. The van der Waals surface area contributed by atoms with Crippen LogP contribution >= 0.6 is 0 Å². The number of ether oxygens (including phenoxy) is 1. The minimum atomic E-state index is -0.437. The first-order valence-electron chi connectivity index (χ1n) is 6.27. The zero-order valence-electron chi connectivity index (χ0n) is 10.9. The quantitative estimate of drug-likeness (QED) is 0.467. The predicted molar refractivity (Wildman–Crippen MR) is 71.1 cm³/mol. The van der Waals surface area contributed by atoms with Crippen LogP contribution in [0, 0.1) is 10.1 Å². The third kappa shape index (κ3) is 5.85. The van der Waals surface area contributed by atoms with E-state index in [4.69, 9.17) is 4.74 Å². The molecular weight excluding hydrogens is 248 g/mol. The van der Waals surface area contributed by atoms with Gasteiger partial charge in [-0.15, -0.1) is 0 Å². The van der Waals surface area contributed by atoms with Crippen molar-refractivity contribution in [1.29, 1.82) is 0 Å². The van der Waals surface area contributed by atoms with Crippen LogP contribution in [0.25, 0.3) is 0 Å². The average molecular weight is 266 g/mol. The number of benzene rings is 1. The normalized spacial score (nSPS) is 9.95. The minimum Gasteiger partial charge on any atom is -0.450 e. The minimum absolute atomic E-state index is 0.0654. The van der Waals surface area contributed by atoms with Crippen molar-refractivity contribution in [3.63, 3.8) is 0 Å². The van der Waals surface area contributed by atoms with Crippen LogP contribution in [-0.2, 0) is 11.2 Å². The van der Waals surface area contributed by atoms with E-state index >= 15 is 0 Å². The van der Waals surface area contributed by atoms with Crippen molar-refractivity contribution >= 4 is 11.8 Å². The van der Waals surface area contributed by atoms with Crippen LogP contribution in [0.4, 0.5) is 10.5 Å². The molecule has 0 saturated heterocycles. The molecule has 6 heteroatoms. The summed E-state index contributed by atoms with van der Waals surface area (Å²) in [5.74, 6) is 0. The van der Waals surface area contributed by atoms with Gasteiger partial charge in [0.25, 0.3) is 5.69 Å². The van der Waals surface area contributed by atoms with Gasteiger partial charge < -0.3 is 10.1 Å². The largest absolute Gasteiger partial charge is 0.450 e. The SMILES string of the molecule is CCCCOC(=O)NCCc1ccc([N+](=O)[O-])cc1. The highest BCUT2D eigenvalue weighted by Gasteiger charge is 2.04. The summed E-state index contributed by atoms with van der Waals surface area (Å²) in [6.07, 6.45) is 2.03. The average Bonchev–Trinajstić information content (AvgIpc) is 2.39. The first-order valence-corrected chi connectivity index (χ1v) is 6.27. The number of hydrogen-bond donors (Lipinski definition) is 1. The fraction of sp³-hybridized carbons (Fsp3) is 0.462. The number of carbonyl (C=O) groups is 1. The lowest BCUT2D eigenvalue weighted by molar-refractivity contribution is -0.384. The number of carbonyl (C=O) groups excluding carboxylic acids is 1. The molecule has 1 amide bonds. The third-order valence-corrected chi connectivity index (χ3v) is 2.56. The Morgan fingerprint density at radius 1 is 1.37 bits per heavy atom. The monoisotopic (exact) mass is 266 g/mol. The second-order valence-electron chi connectivity index (χ2n) is 4.09. The van der Waals surface area contributed by atoms with E-state index < -0.39 is 11.0 Å². The van der Waals surface area contributed by atoms with E-state index in [9.17, 15) is 14.9 Å². The number of amides is 1. The number of rotatable bonds is 7. The number of non-ortho nitro benzene ring substituents is 1. The van der Waals surface area contributed by atoms with Crippen LogP contribution in [0.15, 0.2) is 24.3 Å². The van der Waals surface area contributed by atoms with Crippen molar-refractivity contribution in [3.8, 4) is 0 Å². The molecule has 0 aliphatic carbocycles. The Bertz CT molecular complexity index is 417. The van der Waals surface area contributed by atoms with E-state index in [0.717, 1.165) is 18.4 Å². The van der Waals surface area contributed by atoms with Gasteiger partial charge in [-0.25, -0.2) is 4.79 Å². The highest BCUT2D eigenvalue weighted by Crippen LogP contribution is 2.11. The maximum atomic E-state index is 11.2. The van der Waals surface area contributed by atoms with Gasteiger partial charge in [-0.2, -0.15) is 0 Å². The number of nitrogens with zero attached hydrogens (tertiary/aromatic N) is 1. The van der Waals surface area contributed by atoms with Crippen LogP contribution in [0.3, 0.4) is 0 Å². The molecule has 0 aliphatic heterocycles. The first kappa shape index (κ1) is 14.9. The Hall–Kier alpha value is -2.11. The number of nitro groups is 1. The lowest BCUT2D eigenvalue weighted by atomic mass is 10.1. The summed E-state index contributed by atoms with van der Waals surface area (Å²) >= 11 is 0. The van der Waals surface area contributed by atoms with Gasteiger partial charge in [0.2, 0.25) is 0 Å². The van der Waals surface area contributed by atoms with Crippen LogP contribution in [0.5, 0.6) is 0 Å². The summed E-state index contributed by atoms with van der Waals surface area (Å²) in [5, 5.41) is 13.1. The lowest BCUT2D eigenvalue weighted by Crippen LogP contribution is -2.26. The Morgan fingerprint density at radius 3 is 2.63 bits per heavy atom. The van der Waals surface area contributed by atoms with E-state index in [1.807, 2.05) is 6.92 Å².